The Balaban J connectivity index is 1.45. The number of aryl methyl sites for hydroxylation is 2. The number of nitro benzene ring substituents is 1. The highest BCUT2D eigenvalue weighted by Gasteiger charge is 2.35. The van der Waals surface area contributed by atoms with E-state index in [1.807, 2.05) is 0 Å². The number of carbonyl (C=O) groups excluding carboxylic acids is 2. The molecule has 1 N–H and O–H groups in total. The van der Waals surface area contributed by atoms with Crippen LogP contribution in [0, 0.1) is 24.0 Å². The first kappa shape index (κ1) is 23.9. The second-order valence-electron chi connectivity index (χ2n) is 9.33. The lowest BCUT2D eigenvalue weighted by Gasteiger charge is -2.30. The number of likely N-dealkylation sites (tertiary alicyclic amines) is 2. The predicted octanol–water partition coefficient (Wildman–Crippen LogP) is 3.77. The number of benzene rings is 2. The molecule has 2 aromatic rings. The number of nitrogens with one attached hydrogen (secondary N) is 1. The van der Waals surface area contributed by atoms with Crippen molar-refractivity contribution in [3.8, 4) is 0 Å². The third kappa shape index (κ3) is 5.12. The van der Waals surface area contributed by atoms with E-state index in [0.29, 0.717) is 30.6 Å². The summed E-state index contributed by atoms with van der Waals surface area (Å²) in [5, 5.41) is 14.2. The smallest absolute Gasteiger partial charge is 0.272 e. The van der Waals surface area contributed by atoms with Gasteiger partial charge < -0.3 is 10.2 Å². The Kier molecular flexibility index (Phi) is 7.26. The van der Waals surface area contributed by atoms with Gasteiger partial charge in [-0.15, -0.1) is 0 Å². The van der Waals surface area contributed by atoms with E-state index < -0.39 is 11.0 Å². The lowest BCUT2D eigenvalue weighted by molar-refractivity contribution is -0.385. The lowest BCUT2D eigenvalue weighted by atomic mass is 10.0. The zero-order valence-electron chi connectivity index (χ0n) is 19.8. The fourth-order valence-electron chi connectivity index (χ4n) is 5.06. The molecule has 0 aromatic heterocycles. The fraction of sp³-hybridized carbons (Fsp3) is 0.462. The molecule has 2 atom stereocenters. The number of hydrogen-bond donors (Lipinski definition) is 1. The maximum atomic E-state index is 13.2. The number of amides is 2. The van der Waals surface area contributed by atoms with E-state index in [1.165, 1.54) is 29.3 Å². The molecule has 2 unspecified atom stereocenters. The van der Waals surface area contributed by atoms with Crippen molar-refractivity contribution < 1.29 is 14.5 Å². The van der Waals surface area contributed by atoms with Crippen molar-refractivity contribution in [1.82, 2.24) is 15.1 Å². The number of rotatable bonds is 7. The Morgan fingerprint density at radius 3 is 2.41 bits per heavy atom. The molecule has 2 fully saturated rings. The standard InChI is InChI=1S/C26H32N4O4/c1-18-7-9-20(10-8-18)24(28-13-3-4-14-28)17-27-25(31)23-6-5-15-29(23)26(32)21-11-12-22(30(33)34)19(2)16-21/h7-12,16,23-24H,3-6,13-15,17H2,1-2H3,(H,27,31). The van der Waals surface area contributed by atoms with E-state index in [0.717, 1.165) is 32.4 Å². The summed E-state index contributed by atoms with van der Waals surface area (Å²) in [7, 11) is 0. The Morgan fingerprint density at radius 1 is 1.06 bits per heavy atom. The zero-order chi connectivity index (χ0) is 24.2. The summed E-state index contributed by atoms with van der Waals surface area (Å²) in [5.74, 6) is -0.397. The predicted molar refractivity (Wildman–Crippen MR) is 130 cm³/mol. The number of nitro groups is 1. The molecule has 0 spiro atoms. The van der Waals surface area contributed by atoms with Crippen LogP contribution in [-0.2, 0) is 4.79 Å². The molecule has 2 aliphatic rings. The Hall–Kier alpha value is -3.26. The molecule has 180 valence electrons. The van der Waals surface area contributed by atoms with E-state index in [9.17, 15) is 19.7 Å². The van der Waals surface area contributed by atoms with E-state index in [2.05, 4.69) is 41.4 Å². The molecular formula is C26H32N4O4. The van der Waals surface area contributed by atoms with Gasteiger partial charge in [-0.05, 0) is 70.3 Å². The molecule has 2 heterocycles. The minimum absolute atomic E-state index is 0.0173. The molecule has 2 aromatic carbocycles. The molecule has 8 nitrogen and oxygen atoms in total. The van der Waals surface area contributed by atoms with Crippen LogP contribution < -0.4 is 5.32 Å². The van der Waals surface area contributed by atoms with Crippen LogP contribution >= 0.6 is 0 Å². The van der Waals surface area contributed by atoms with Gasteiger partial charge in [0.1, 0.15) is 6.04 Å². The van der Waals surface area contributed by atoms with Crippen LogP contribution in [0.3, 0.4) is 0 Å². The molecule has 34 heavy (non-hydrogen) atoms. The minimum atomic E-state index is -0.528. The summed E-state index contributed by atoms with van der Waals surface area (Å²) in [6.45, 7) is 6.71. The van der Waals surface area contributed by atoms with E-state index in [1.54, 1.807) is 11.8 Å². The number of hydrogen-bond acceptors (Lipinski definition) is 5. The molecule has 0 saturated carbocycles. The summed E-state index contributed by atoms with van der Waals surface area (Å²) in [4.78, 5) is 41.0. The SMILES string of the molecule is Cc1ccc(C(CNC(=O)C2CCCN2C(=O)c2ccc([N+](=O)[O-])c(C)c2)N2CCCC2)cc1. The average molecular weight is 465 g/mol. The van der Waals surface area contributed by atoms with Gasteiger partial charge in [-0.3, -0.25) is 24.6 Å². The summed E-state index contributed by atoms with van der Waals surface area (Å²) < 4.78 is 0. The first-order chi connectivity index (χ1) is 16.3. The molecule has 4 rings (SSSR count). The Morgan fingerprint density at radius 2 is 1.76 bits per heavy atom. The molecule has 2 saturated heterocycles. The first-order valence-corrected chi connectivity index (χ1v) is 12.0. The average Bonchev–Trinajstić information content (AvgIpc) is 3.52. The van der Waals surface area contributed by atoms with Gasteiger partial charge in [-0.1, -0.05) is 29.8 Å². The highest BCUT2D eigenvalue weighted by Crippen LogP contribution is 2.27. The van der Waals surface area contributed by atoms with Crippen molar-refractivity contribution in [1.29, 1.82) is 0 Å². The lowest BCUT2D eigenvalue weighted by Crippen LogP contribution is -2.48. The maximum absolute atomic E-state index is 13.2. The van der Waals surface area contributed by atoms with Crippen molar-refractivity contribution in [2.75, 3.05) is 26.2 Å². The fourth-order valence-corrected chi connectivity index (χ4v) is 5.06. The van der Waals surface area contributed by atoms with Crippen molar-refractivity contribution >= 4 is 17.5 Å². The quantitative estimate of drug-likeness (QED) is 0.497. The van der Waals surface area contributed by atoms with Crippen LogP contribution in [0.15, 0.2) is 42.5 Å². The molecular weight excluding hydrogens is 432 g/mol. The van der Waals surface area contributed by atoms with E-state index in [4.69, 9.17) is 0 Å². The molecule has 0 radical (unpaired) electrons. The Labute approximate surface area is 200 Å². The van der Waals surface area contributed by atoms with Crippen molar-refractivity contribution in [3.05, 3.63) is 74.8 Å². The number of nitrogens with zero attached hydrogens (tertiary/aromatic N) is 3. The Bertz CT molecular complexity index is 1060. The molecule has 0 bridgehead atoms. The molecule has 8 heteroatoms. The molecule has 2 amide bonds. The second kappa shape index (κ2) is 10.3. The monoisotopic (exact) mass is 464 g/mol. The van der Waals surface area contributed by atoms with E-state index >= 15 is 0 Å². The van der Waals surface area contributed by atoms with Crippen molar-refractivity contribution in [2.24, 2.45) is 0 Å². The molecule has 2 aliphatic heterocycles. The zero-order valence-corrected chi connectivity index (χ0v) is 19.8. The van der Waals surface area contributed by atoms with Crippen LogP contribution in [0.4, 0.5) is 5.69 Å². The summed E-state index contributed by atoms with van der Waals surface area (Å²) >= 11 is 0. The minimum Gasteiger partial charge on any atom is -0.352 e. The summed E-state index contributed by atoms with van der Waals surface area (Å²) in [5.41, 5.74) is 3.18. The van der Waals surface area contributed by atoms with Crippen molar-refractivity contribution in [2.45, 2.75) is 51.6 Å². The summed E-state index contributed by atoms with van der Waals surface area (Å²) in [6.07, 6.45) is 3.69. The van der Waals surface area contributed by atoms with Gasteiger partial charge in [-0.2, -0.15) is 0 Å². The van der Waals surface area contributed by atoms with Gasteiger partial charge >= 0.3 is 0 Å². The van der Waals surface area contributed by atoms with Crippen LogP contribution in [-0.4, -0.2) is 58.8 Å². The van der Waals surface area contributed by atoms with Gasteiger partial charge in [0, 0.05) is 30.3 Å². The maximum Gasteiger partial charge on any atom is 0.272 e. The topological polar surface area (TPSA) is 95.8 Å². The third-order valence-electron chi connectivity index (χ3n) is 6.97. The van der Waals surface area contributed by atoms with Gasteiger partial charge in [0.15, 0.2) is 0 Å². The summed E-state index contributed by atoms with van der Waals surface area (Å²) in [6, 6.07) is 12.4. The number of carbonyl (C=O) groups is 2. The second-order valence-corrected chi connectivity index (χ2v) is 9.33. The first-order valence-electron chi connectivity index (χ1n) is 12.0. The highest BCUT2D eigenvalue weighted by molar-refractivity contribution is 5.98. The van der Waals surface area contributed by atoms with Crippen LogP contribution in [0.25, 0.3) is 0 Å². The van der Waals surface area contributed by atoms with Crippen LogP contribution in [0.1, 0.15) is 58.8 Å². The van der Waals surface area contributed by atoms with Gasteiger partial charge in [-0.25, -0.2) is 0 Å². The normalized spacial score (nSPS) is 19.2. The van der Waals surface area contributed by atoms with Gasteiger partial charge in [0.25, 0.3) is 11.6 Å². The van der Waals surface area contributed by atoms with Gasteiger partial charge in [0.2, 0.25) is 5.91 Å². The molecule has 0 aliphatic carbocycles. The van der Waals surface area contributed by atoms with Crippen molar-refractivity contribution in [3.63, 3.8) is 0 Å². The van der Waals surface area contributed by atoms with Crippen LogP contribution in [0.5, 0.6) is 0 Å². The largest absolute Gasteiger partial charge is 0.352 e. The van der Waals surface area contributed by atoms with E-state index in [-0.39, 0.29) is 23.5 Å². The third-order valence-corrected chi connectivity index (χ3v) is 6.97. The van der Waals surface area contributed by atoms with Crippen LogP contribution in [0.2, 0.25) is 0 Å². The van der Waals surface area contributed by atoms with Gasteiger partial charge in [0.05, 0.1) is 11.0 Å². The highest BCUT2D eigenvalue weighted by atomic mass is 16.6.